The van der Waals surface area contributed by atoms with Crippen LogP contribution in [0.25, 0.3) is 0 Å². The minimum Gasteiger partial charge on any atom is -0.387 e. The maximum Gasteiger partial charge on any atom is 0.223 e. The molecular weight excluding hydrogens is 218 g/mol. The summed E-state index contributed by atoms with van der Waals surface area (Å²) in [7, 11) is 3.79. The first-order valence-electron chi connectivity index (χ1n) is 6.20. The van der Waals surface area contributed by atoms with Crippen LogP contribution >= 0.6 is 0 Å². The van der Waals surface area contributed by atoms with Crippen LogP contribution in [0.5, 0.6) is 0 Å². The third kappa shape index (κ3) is 5.02. The number of nitrogens with one attached hydrogen (secondary N) is 1. The summed E-state index contributed by atoms with van der Waals surface area (Å²) in [6.45, 7) is 2.54. The molecule has 5 heteroatoms. The second kappa shape index (κ2) is 5.80. The van der Waals surface area contributed by atoms with Crippen molar-refractivity contribution >= 4 is 5.91 Å². The van der Waals surface area contributed by atoms with Gasteiger partial charge in [-0.3, -0.25) is 4.79 Å². The number of hydrogen-bond donors (Lipinski definition) is 3. The molecule has 5 nitrogen and oxygen atoms in total. The average Bonchev–Trinajstić information content (AvgIpc) is 2.59. The number of amides is 1. The number of carbonyl (C=O) groups excluding carboxylic acids is 1. The standard InChI is InChI=1S/C12H25N3O2/c1-12(17,8-15(2)3)7-14-11(16)9-4-5-10(13)6-9/h9-10,17H,4-8,13H2,1-3H3,(H,14,16). The first-order chi connectivity index (χ1) is 7.80. The molecule has 0 aliphatic heterocycles. The quantitative estimate of drug-likeness (QED) is 0.611. The maximum atomic E-state index is 11.8. The van der Waals surface area contributed by atoms with Gasteiger partial charge in [-0.25, -0.2) is 0 Å². The molecular formula is C12H25N3O2. The van der Waals surface area contributed by atoms with Gasteiger partial charge in [0.05, 0.1) is 5.60 Å². The molecule has 0 heterocycles. The number of rotatable bonds is 5. The lowest BCUT2D eigenvalue weighted by Gasteiger charge is -2.27. The molecule has 3 unspecified atom stereocenters. The molecule has 3 atom stereocenters. The number of nitrogens with two attached hydrogens (primary N) is 1. The molecule has 0 aromatic rings. The van der Waals surface area contributed by atoms with Crippen LogP contribution in [-0.2, 0) is 4.79 Å². The minimum absolute atomic E-state index is 0.0250. The van der Waals surface area contributed by atoms with Crippen LogP contribution in [0.1, 0.15) is 26.2 Å². The lowest BCUT2D eigenvalue weighted by molar-refractivity contribution is -0.126. The summed E-state index contributed by atoms with van der Waals surface area (Å²) >= 11 is 0. The van der Waals surface area contributed by atoms with E-state index in [-0.39, 0.29) is 24.4 Å². The normalized spacial score (nSPS) is 28.1. The smallest absolute Gasteiger partial charge is 0.223 e. The highest BCUT2D eigenvalue weighted by molar-refractivity contribution is 5.79. The lowest BCUT2D eigenvalue weighted by atomic mass is 10.0. The van der Waals surface area contributed by atoms with Crippen LogP contribution in [0.3, 0.4) is 0 Å². The van der Waals surface area contributed by atoms with E-state index in [1.165, 1.54) is 0 Å². The Kier molecular flexibility index (Phi) is 4.91. The molecule has 0 radical (unpaired) electrons. The van der Waals surface area contributed by atoms with Gasteiger partial charge in [-0.05, 0) is 40.3 Å². The van der Waals surface area contributed by atoms with Gasteiger partial charge in [0.25, 0.3) is 0 Å². The third-order valence-electron chi connectivity index (χ3n) is 3.14. The lowest BCUT2D eigenvalue weighted by Crippen LogP contribution is -2.48. The van der Waals surface area contributed by atoms with E-state index in [2.05, 4.69) is 5.32 Å². The van der Waals surface area contributed by atoms with Crippen molar-refractivity contribution in [2.45, 2.75) is 37.8 Å². The summed E-state index contributed by atoms with van der Waals surface area (Å²) in [5, 5.41) is 12.9. The molecule has 0 saturated heterocycles. The maximum absolute atomic E-state index is 11.8. The van der Waals surface area contributed by atoms with Gasteiger partial charge in [0, 0.05) is 25.0 Å². The molecule has 1 amide bonds. The highest BCUT2D eigenvalue weighted by atomic mass is 16.3. The zero-order valence-corrected chi connectivity index (χ0v) is 11.1. The molecule has 0 bridgehead atoms. The molecule has 0 aromatic heterocycles. The Bertz CT molecular complexity index is 266. The predicted molar refractivity (Wildman–Crippen MR) is 67.5 cm³/mol. The van der Waals surface area contributed by atoms with E-state index >= 15 is 0 Å². The van der Waals surface area contributed by atoms with E-state index in [9.17, 15) is 9.90 Å². The summed E-state index contributed by atoms with van der Waals surface area (Å²) in [6, 6.07) is 0.160. The number of nitrogens with zero attached hydrogens (tertiary/aromatic N) is 1. The van der Waals surface area contributed by atoms with E-state index < -0.39 is 5.60 Å². The number of likely N-dealkylation sites (N-methyl/N-ethyl adjacent to an activating group) is 1. The molecule has 17 heavy (non-hydrogen) atoms. The van der Waals surface area contributed by atoms with Gasteiger partial charge in [0.1, 0.15) is 0 Å². The highest BCUT2D eigenvalue weighted by Crippen LogP contribution is 2.24. The van der Waals surface area contributed by atoms with Crippen molar-refractivity contribution in [1.29, 1.82) is 0 Å². The zero-order valence-electron chi connectivity index (χ0n) is 11.1. The van der Waals surface area contributed by atoms with E-state index in [0.29, 0.717) is 6.54 Å². The Balaban J connectivity index is 2.32. The fraction of sp³-hybridized carbons (Fsp3) is 0.917. The van der Waals surface area contributed by atoms with E-state index in [1.54, 1.807) is 6.92 Å². The van der Waals surface area contributed by atoms with Crippen molar-refractivity contribution < 1.29 is 9.90 Å². The molecule has 0 spiro atoms. The zero-order chi connectivity index (χ0) is 13.1. The van der Waals surface area contributed by atoms with Crippen LogP contribution in [0.4, 0.5) is 0 Å². The summed E-state index contributed by atoms with van der Waals surface area (Å²) in [6.07, 6.45) is 2.55. The first kappa shape index (κ1) is 14.4. The van der Waals surface area contributed by atoms with Crippen molar-refractivity contribution in [2.24, 2.45) is 11.7 Å². The summed E-state index contributed by atoms with van der Waals surface area (Å²) in [5.74, 6) is 0.0529. The van der Waals surface area contributed by atoms with E-state index in [0.717, 1.165) is 19.3 Å². The second-order valence-corrected chi connectivity index (χ2v) is 5.72. The van der Waals surface area contributed by atoms with Gasteiger partial charge in [0.2, 0.25) is 5.91 Å². The van der Waals surface area contributed by atoms with Gasteiger partial charge in [-0.2, -0.15) is 0 Å². The molecule has 1 rings (SSSR count). The topological polar surface area (TPSA) is 78.6 Å². The largest absolute Gasteiger partial charge is 0.387 e. The molecule has 1 saturated carbocycles. The van der Waals surface area contributed by atoms with E-state index in [1.807, 2.05) is 19.0 Å². The van der Waals surface area contributed by atoms with Crippen LogP contribution in [0.2, 0.25) is 0 Å². The molecule has 1 aliphatic carbocycles. The fourth-order valence-electron chi connectivity index (χ4n) is 2.41. The van der Waals surface area contributed by atoms with Gasteiger partial charge < -0.3 is 21.1 Å². The van der Waals surface area contributed by atoms with Crippen molar-refractivity contribution in [3.63, 3.8) is 0 Å². The number of hydrogen-bond acceptors (Lipinski definition) is 4. The minimum atomic E-state index is -0.889. The Labute approximate surface area is 103 Å². The van der Waals surface area contributed by atoms with Crippen molar-refractivity contribution in [2.75, 3.05) is 27.2 Å². The van der Waals surface area contributed by atoms with Gasteiger partial charge in [-0.1, -0.05) is 0 Å². The third-order valence-corrected chi connectivity index (χ3v) is 3.14. The first-order valence-corrected chi connectivity index (χ1v) is 6.20. The molecule has 4 N–H and O–H groups in total. The van der Waals surface area contributed by atoms with Crippen LogP contribution in [0.15, 0.2) is 0 Å². The number of aliphatic hydroxyl groups is 1. The van der Waals surface area contributed by atoms with Crippen LogP contribution in [0, 0.1) is 5.92 Å². The van der Waals surface area contributed by atoms with Crippen molar-refractivity contribution in [3.8, 4) is 0 Å². The molecule has 1 aliphatic rings. The molecule has 0 aromatic carbocycles. The monoisotopic (exact) mass is 243 g/mol. The Morgan fingerprint density at radius 2 is 2.18 bits per heavy atom. The van der Waals surface area contributed by atoms with Crippen LogP contribution in [-0.4, -0.2) is 54.7 Å². The molecule has 100 valence electrons. The van der Waals surface area contributed by atoms with Gasteiger partial charge >= 0.3 is 0 Å². The Morgan fingerprint density at radius 3 is 2.65 bits per heavy atom. The van der Waals surface area contributed by atoms with Gasteiger partial charge in [0.15, 0.2) is 0 Å². The number of carbonyl (C=O) groups is 1. The Morgan fingerprint density at radius 1 is 1.53 bits per heavy atom. The SMILES string of the molecule is CN(C)CC(C)(O)CNC(=O)C1CCC(N)C1. The van der Waals surface area contributed by atoms with E-state index in [4.69, 9.17) is 5.73 Å². The van der Waals surface area contributed by atoms with Crippen LogP contribution < -0.4 is 11.1 Å². The predicted octanol–water partition coefficient (Wildman–Crippen LogP) is -0.457. The van der Waals surface area contributed by atoms with Crippen molar-refractivity contribution in [3.05, 3.63) is 0 Å². The summed E-state index contributed by atoms with van der Waals surface area (Å²) in [5.41, 5.74) is 4.89. The summed E-state index contributed by atoms with van der Waals surface area (Å²) in [4.78, 5) is 13.7. The summed E-state index contributed by atoms with van der Waals surface area (Å²) < 4.78 is 0. The Hall–Kier alpha value is -0.650. The fourth-order valence-corrected chi connectivity index (χ4v) is 2.41. The molecule has 1 fully saturated rings. The highest BCUT2D eigenvalue weighted by Gasteiger charge is 2.29. The van der Waals surface area contributed by atoms with Gasteiger partial charge in [-0.15, -0.1) is 0 Å². The average molecular weight is 243 g/mol. The second-order valence-electron chi connectivity index (χ2n) is 5.72. The van der Waals surface area contributed by atoms with Crippen molar-refractivity contribution in [1.82, 2.24) is 10.2 Å².